The molecule has 1 fully saturated rings. The van der Waals surface area contributed by atoms with Crippen LogP contribution in [0.25, 0.3) is 0 Å². The van der Waals surface area contributed by atoms with Crippen LogP contribution in [0.2, 0.25) is 0 Å². The number of rotatable bonds is 2. The third-order valence-corrected chi connectivity index (χ3v) is 2.33. The Morgan fingerprint density at radius 2 is 2.00 bits per heavy atom. The number of piperazine rings is 1. The predicted molar refractivity (Wildman–Crippen MR) is 46.1 cm³/mol. The smallest absolute Gasteiger partial charge is 0.317 e. The second-order valence-corrected chi connectivity index (χ2v) is 3.42. The molecule has 12 heavy (non-hydrogen) atoms. The van der Waals surface area contributed by atoms with Crippen LogP contribution in [0.15, 0.2) is 0 Å². The Bertz CT molecular complexity index is 162. The fraction of sp³-hybridized carbons (Fsp3) is 0.875. The Balaban J connectivity index is 2.50. The second kappa shape index (κ2) is 3.87. The lowest BCUT2D eigenvalue weighted by Crippen LogP contribution is -2.56. The van der Waals surface area contributed by atoms with E-state index in [2.05, 4.69) is 5.32 Å². The number of hydrogen-bond donors (Lipinski definition) is 2. The molecule has 1 aliphatic heterocycles. The number of hydrogen-bond acceptors (Lipinski definition) is 3. The molecule has 1 heterocycles. The maximum Gasteiger partial charge on any atom is 0.317 e. The van der Waals surface area contributed by atoms with E-state index in [1.54, 1.807) is 0 Å². The van der Waals surface area contributed by atoms with Gasteiger partial charge in [0.1, 0.15) is 0 Å². The molecular formula is C8H16N2O2. The topological polar surface area (TPSA) is 52.6 Å². The molecular weight excluding hydrogens is 156 g/mol. The zero-order valence-corrected chi connectivity index (χ0v) is 7.58. The Hall–Kier alpha value is -0.610. The van der Waals surface area contributed by atoms with Gasteiger partial charge in [-0.25, -0.2) is 0 Å². The highest BCUT2D eigenvalue weighted by Crippen LogP contribution is 2.08. The van der Waals surface area contributed by atoms with Gasteiger partial charge in [0.25, 0.3) is 0 Å². The van der Waals surface area contributed by atoms with Gasteiger partial charge in [0.05, 0.1) is 6.54 Å². The summed E-state index contributed by atoms with van der Waals surface area (Å²) in [7, 11) is 0. The quantitative estimate of drug-likeness (QED) is 0.603. The lowest BCUT2D eigenvalue weighted by molar-refractivity contribution is -0.139. The minimum Gasteiger partial charge on any atom is -0.480 e. The zero-order chi connectivity index (χ0) is 9.14. The first-order chi connectivity index (χ1) is 5.61. The van der Waals surface area contributed by atoms with Crippen LogP contribution < -0.4 is 5.32 Å². The van der Waals surface area contributed by atoms with E-state index in [4.69, 9.17) is 5.11 Å². The van der Waals surface area contributed by atoms with Gasteiger partial charge in [-0.3, -0.25) is 9.69 Å². The molecule has 0 saturated carbocycles. The molecule has 0 aromatic carbocycles. The Kier molecular flexibility index (Phi) is 3.05. The molecule has 0 radical (unpaired) electrons. The summed E-state index contributed by atoms with van der Waals surface area (Å²) in [5.41, 5.74) is 0. The highest BCUT2D eigenvalue weighted by molar-refractivity contribution is 5.69. The first-order valence-corrected chi connectivity index (χ1v) is 4.29. The normalized spacial score (nSPS) is 31.8. The maximum atomic E-state index is 10.5. The van der Waals surface area contributed by atoms with Gasteiger partial charge in [0.15, 0.2) is 0 Å². The Labute approximate surface area is 72.6 Å². The molecule has 1 saturated heterocycles. The average Bonchev–Trinajstić information content (AvgIpc) is 1.97. The van der Waals surface area contributed by atoms with E-state index in [1.807, 2.05) is 18.7 Å². The van der Waals surface area contributed by atoms with Gasteiger partial charge in [-0.15, -0.1) is 0 Å². The van der Waals surface area contributed by atoms with Crippen molar-refractivity contribution in [2.75, 3.05) is 19.6 Å². The predicted octanol–water partition coefficient (Wildman–Crippen LogP) is -0.247. The molecule has 0 amide bonds. The largest absolute Gasteiger partial charge is 0.480 e. The maximum absolute atomic E-state index is 10.5. The van der Waals surface area contributed by atoms with Gasteiger partial charge in [-0.1, -0.05) is 0 Å². The summed E-state index contributed by atoms with van der Waals surface area (Å²) >= 11 is 0. The van der Waals surface area contributed by atoms with Crippen LogP contribution >= 0.6 is 0 Å². The fourth-order valence-electron chi connectivity index (χ4n) is 1.64. The molecule has 0 aromatic rings. The van der Waals surface area contributed by atoms with E-state index in [0.29, 0.717) is 12.1 Å². The first kappa shape index (κ1) is 9.48. The van der Waals surface area contributed by atoms with Crippen LogP contribution in [-0.2, 0) is 4.79 Å². The third-order valence-electron chi connectivity index (χ3n) is 2.33. The van der Waals surface area contributed by atoms with Crippen molar-refractivity contribution in [1.29, 1.82) is 0 Å². The van der Waals surface area contributed by atoms with Crippen LogP contribution in [0.4, 0.5) is 0 Å². The average molecular weight is 172 g/mol. The lowest BCUT2D eigenvalue weighted by Gasteiger charge is -2.38. The summed E-state index contributed by atoms with van der Waals surface area (Å²) < 4.78 is 0. The number of nitrogens with zero attached hydrogens (tertiary/aromatic N) is 1. The summed E-state index contributed by atoms with van der Waals surface area (Å²) in [6, 6.07) is 0.648. The van der Waals surface area contributed by atoms with Crippen LogP contribution in [0, 0.1) is 0 Å². The molecule has 1 rings (SSSR count). The minimum absolute atomic E-state index is 0.157. The van der Waals surface area contributed by atoms with E-state index in [0.717, 1.165) is 13.1 Å². The molecule has 4 nitrogen and oxygen atoms in total. The van der Waals surface area contributed by atoms with Crippen molar-refractivity contribution in [3.05, 3.63) is 0 Å². The molecule has 2 atom stereocenters. The zero-order valence-electron chi connectivity index (χ0n) is 7.58. The van der Waals surface area contributed by atoms with E-state index in [-0.39, 0.29) is 6.54 Å². The van der Waals surface area contributed by atoms with Crippen molar-refractivity contribution in [1.82, 2.24) is 10.2 Å². The SMILES string of the molecule is CC1CNCC(C)N1CC(=O)O. The molecule has 0 bridgehead atoms. The van der Waals surface area contributed by atoms with E-state index in [1.165, 1.54) is 0 Å². The van der Waals surface area contributed by atoms with Crippen molar-refractivity contribution in [3.8, 4) is 0 Å². The standard InChI is InChI=1S/C8H16N2O2/c1-6-3-9-4-7(2)10(6)5-8(11)12/h6-7,9H,3-5H2,1-2H3,(H,11,12). The summed E-state index contributed by atoms with van der Waals surface area (Å²) in [6.45, 7) is 6.02. The van der Waals surface area contributed by atoms with E-state index >= 15 is 0 Å². The molecule has 4 heteroatoms. The Morgan fingerprint density at radius 3 is 2.42 bits per heavy atom. The van der Waals surface area contributed by atoms with E-state index < -0.39 is 5.97 Å². The second-order valence-electron chi connectivity index (χ2n) is 3.42. The third kappa shape index (κ3) is 2.19. The van der Waals surface area contributed by atoms with Gasteiger partial charge in [0.2, 0.25) is 0 Å². The highest BCUT2D eigenvalue weighted by atomic mass is 16.4. The molecule has 2 N–H and O–H groups in total. The van der Waals surface area contributed by atoms with Gasteiger partial charge >= 0.3 is 5.97 Å². The molecule has 0 aromatic heterocycles. The van der Waals surface area contributed by atoms with Crippen molar-refractivity contribution < 1.29 is 9.90 Å². The molecule has 0 aliphatic carbocycles. The van der Waals surface area contributed by atoms with Crippen LogP contribution in [0.5, 0.6) is 0 Å². The first-order valence-electron chi connectivity index (χ1n) is 4.29. The number of nitrogens with one attached hydrogen (secondary N) is 1. The van der Waals surface area contributed by atoms with Crippen molar-refractivity contribution in [2.45, 2.75) is 25.9 Å². The molecule has 2 unspecified atom stereocenters. The minimum atomic E-state index is -0.740. The van der Waals surface area contributed by atoms with Crippen LogP contribution in [0.1, 0.15) is 13.8 Å². The highest BCUT2D eigenvalue weighted by Gasteiger charge is 2.25. The van der Waals surface area contributed by atoms with Crippen molar-refractivity contribution >= 4 is 5.97 Å². The summed E-state index contributed by atoms with van der Waals surface area (Å²) in [6.07, 6.45) is 0. The number of carboxylic acids is 1. The monoisotopic (exact) mass is 172 g/mol. The van der Waals surface area contributed by atoms with Crippen molar-refractivity contribution in [2.24, 2.45) is 0 Å². The summed E-state index contributed by atoms with van der Waals surface area (Å²) in [4.78, 5) is 12.5. The summed E-state index contributed by atoms with van der Waals surface area (Å²) in [5, 5.41) is 11.9. The molecule has 70 valence electrons. The van der Waals surface area contributed by atoms with Crippen LogP contribution in [-0.4, -0.2) is 47.7 Å². The van der Waals surface area contributed by atoms with E-state index in [9.17, 15) is 4.79 Å². The lowest BCUT2D eigenvalue weighted by atomic mass is 10.1. The summed E-state index contributed by atoms with van der Waals surface area (Å²) in [5.74, 6) is -0.740. The van der Waals surface area contributed by atoms with Gasteiger partial charge in [0, 0.05) is 25.2 Å². The van der Waals surface area contributed by atoms with Gasteiger partial charge in [-0.2, -0.15) is 0 Å². The number of aliphatic carboxylic acids is 1. The molecule has 1 aliphatic rings. The number of carboxylic acid groups (broad SMARTS) is 1. The van der Waals surface area contributed by atoms with Crippen LogP contribution in [0.3, 0.4) is 0 Å². The molecule has 0 spiro atoms. The van der Waals surface area contributed by atoms with Gasteiger partial charge in [-0.05, 0) is 13.8 Å². The number of carbonyl (C=O) groups is 1. The van der Waals surface area contributed by atoms with Crippen molar-refractivity contribution in [3.63, 3.8) is 0 Å². The fourth-order valence-corrected chi connectivity index (χ4v) is 1.64. The Morgan fingerprint density at radius 1 is 1.50 bits per heavy atom. The van der Waals surface area contributed by atoms with Gasteiger partial charge < -0.3 is 10.4 Å².